The van der Waals surface area contributed by atoms with Crippen LogP contribution < -0.4 is 25.0 Å². The zero-order valence-corrected chi connectivity index (χ0v) is 42.5. The number of rotatable bonds is 43. The number of esters is 1. The number of hydrogen-bond acceptors (Lipinski definition) is 15. The van der Waals surface area contributed by atoms with Gasteiger partial charge in [-0.05, 0) is 70.7 Å². The molecular formula is C49H79N6O14S-. The Bertz CT molecular complexity index is 1770. The number of anilines is 2. The highest BCUT2D eigenvalue weighted by Crippen LogP contribution is 2.28. The zero-order chi connectivity index (χ0) is 51.1. The van der Waals surface area contributed by atoms with Crippen molar-refractivity contribution in [3.05, 3.63) is 42.5 Å². The first kappa shape index (κ1) is 61.3. The molecule has 2 rings (SSSR count). The lowest BCUT2D eigenvalue weighted by molar-refractivity contribution is -0.155. The van der Waals surface area contributed by atoms with Crippen molar-refractivity contribution < 1.29 is 66.3 Å². The molecule has 1 heterocycles. The van der Waals surface area contributed by atoms with E-state index in [-0.39, 0.29) is 88.7 Å². The third-order valence-corrected chi connectivity index (χ3v) is 10.9. The summed E-state index contributed by atoms with van der Waals surface area (Å²) in [5, 5.41) is 16.6. The van der Waals surface area contributed by atoms with Crippen LogP contribution in [0.5, 0.6) is 5.75 Å². The van der Waals surface area contributed by atoms with Crippen molar-refractivity contribution in [2.75, 3.05) is 83.4 Å². The fourth-order valence-electron chi connectivity index (χ4n) is 6.74. The SMILES string of the molecule is CC(C)(C)OC(=O)CCCCCCCCCCCCCCCOc1ccc(N(c2cnc(C(=O)NCCCCCC(=O)NCCOCCOCC(=O)NCCOCCOCC(=O)O)nc2)S(=O)[O-])cc1. The van der Waals surface area contributed by atoms with Gasteiger partial charge in [-0.1, -0.05) is 77.0 Å². The average Bonchev–Trinajstić information content (AvgIpc) is 3.31. The Balaban J connectivity index is 1.47. The van der Waals surface area contributed by atoms with Crippen LogP contribution >= 0.6 is 0 Å². The summed E-state index contributed by atoms with van der Waals surface area (Å²) in [5.74, 6) is -1.54. The maximum absolute atomic E-state index is 12.6. The predicted molar refractivity (Wildman–Crippen MR) is 263 cm³/mol. The molecule has 20 nitrogen and oxygen atoms in total. The van der Waals surface area contributed by atoms with E-state index in [0.717, 1.165) is 30.0 Å². The number of carboxylic acids is 1. The monoisotopic (exact) mass is 1010 g/mol. The van der Waals surface area contributed by atoms with Gasteiger partial charge in [0.2, 0.25) is 17.6 Å². The number of nitrogens with zero attached hydrogens (tertiary/aromatic N) is 3. The molecule has 4 N–H and O–H groups in total. The number of nitrogens with one attached hydrogen (secondary N) is 3. The Morgan fingerprint density at radius 3 is 1.64 bits per heavy atom. The zero-order valence-electron chi connectivity index (χ0n) is 41.7. The second-order valence-corrected chi connectivity index (χ2v) is 18.3. The van der Waals surface area contributed by atoms with E-state index in [1.807, 2.05) is 20.8 Å². The van der Waals surface area contributed by atoms with Crippen LogP contribution in [0.3, 0.4) is 0 Å². The van der Waals surface area contributed by atoms with Crippen molar-refractivity contribution in [1.82, 2.24) is 25.9 Å². The van der Waals surface area contributed by atoms with E-state index in [1.165, 1.54) is 70.2 Å². The van der Waals surface area contributed by atoms with Crippen molar-refractivity contribution in [3.8, 4) is 5.75 Å². The molecule has 1 aromatic heterocycles. The second kappa shape index (κ2) is 38.9. The summed E-state index contributed by atoms with van der Waals surface area (Å²) >= 11 is -2.68. The Labute approximate surface area is 416 Å². The van der Waals surface area contributed by atoms with Crippen LogP contribution in [0.2, 0.25) is 0 Å². The third kappa shape index (κ3) is 32.9. The highest BCUT2D eigenvalue weighted by Gasteiger charge is 2.16. The predicted octanol–water partition coefficient (Wildman–Crippen LogP) is 6.26. The summed E-state index contributed by atoms with van der Waals surface area (Å²) in [5.41, 5.74) is 0.122. The summed E-state index contributed by atoms with van der Waals surface area (Å²) in [4.78, 5) is 66.8. The molecule has 2 aromatic rings. The number of benzene rings is 1. The van der Waals surface area contributed by atoms with E-state index in [0.29, 0.717) is 63.2 Å². The van der Waals surface area contributed by atoms with E-state index in [2.05, 4.69) is 25.9 Å². The molecule has 1 aromatic carbocycles. The first-order valence-electron chi connectivity index (χ1n) is 24.8. The molecule has 0 fully saturated rings. The van der Waals surface area contributed by atoms with Gasteiger partial charge in [0.05, 0.1) is 81.3 Å². The smallest absolute Gasteiger partial charge is 0.329 e. The molecule has 0 saturated carbocycles. The van der Waals surface area contributed by atoms with Gasteiger partial charge in [-0.15, -0.1) is 0 Å². The average molecular weight is 1010 g/mol. The molecule has 0 saturated heterocycles. The van der Waals surface area contributed by atoms with Crippen LogP contribution in [0.1, 0.15) is 147 Å². The second-order valence-electron chi connectivity index (χ2n) is 17.5. The molecule has 0 radical (unpaired) electrons. The number of carbonyl (C=O) groups is 5. The molecule has 0 bridgehead atoms. The van der Waals surface area contributed by atoms with Crippen LogP contribution in [-0.2, 0) is 54.1 Å². The van der Waals surface area contributed by atoms with Crippen molar-refractivity contribution in [3.63, 3.8) is 0 Å². The maximum Gasteiger partial charge on any atom is 0.329 e. The minimum absolute atomic E-state index is 0.0991. The Morgan fingerprint density at radius 1 is 0.586 bits per heavy atom. The highest BCUT2D eigenvalue weighted by molar-refractivity contribution is 7.81. The summed E-state index contributed by atoms with van der Waals surface area (Å²) in [6.07, 6.45) is 20.4. The third-order valence-electron chi connectivity index (χ3n) is 10.2. The quantitative estimate of drug-likeness (QED) is 0.0324. The van der Waals surface area contributed by atoms with E-state index in [4.69, 9.17) is 33.5 Å². The molecule has 0 aliphatic heterocycles. The number of aliphatic carboxylic acids is 1. The number of carbonyl (C=O) groups excluding carboxylic acids is 4. The van der Waals surface area contributed by atoms with Crippen LogP contribution in [0, 0.1) is 0 Å². The summed E-state index contributed by atoms with van der Waals surface area (Å²) < 4.78 is 57.4. The van der Waals surface area contributed by atoms with Crippen LogP contribution in [0.25, 0.3) is 0 Å². The molecule has 1 unspecified atom stereocenters. The van der Waals surface area contributed by atoms with Crippen molar-refractivity contribution >= 4 is 52.3 Å². The van der Waals surface area contributed by atoms with Crippen LogP contribution in [0.4, 0.5) is 11.4 Å². The van der Waals surface area contributed by atoms with Gasteiger partial charge in [0.15, 0.2) is 0 Å². The first-order chi connectivity index (χ1) is 33.7. The molecule has 0 spiro atoms. The molecule has 0 aliphatic rings. The molecular weight excluding hydrogens is 929 g/mol. The summed E-state index contributed by atoms with van der Waals surface area (Å²) in [7, 11) is 0. The first-order valence-corrected chi connectivity index (χ1v) is 25.8. The standard InChI is InChI=1S/C49H80N6O14S/c1-49(2,3)69-46(60)21-17-13-11-9-7-5-4-6-8-10-12-14-19-29-68-42-24-22-40(23-25-42)55(70(62)63)41-36-53-47(54-37-41)48(61)52-26-18-15-16-20-43(56)50-27-30-64-32-34-66-38-44(57)51-28-31-65-33-35-67-39-45(58)59/h22-25,36-37H,4-21,26-35,38-39H2,1-3H3,(H,50,56)(H,51,57)(H,52,61)(H,58,59)(H,62,63)/p-1. The normalized spacial score (nSPS) is 11.7. The van der Waals surface area contributed by atoms with E-state index in [9.17, 15) is 32.7 Å². The minimum Gasteiger partial charge on any atom is -0.755 e. The van der Waals surface area contributed by atoms with Gasteiger partial charge < -0.3 is 54.0 Å². The van der Waals surface area contributed by atoms with Gasteiger partial charge in [0.1, 0.15) is 24.6 Å². The van der Waals surface area contributed by atoms with E-state index < -0.39 is 28.7 Å². The number of ether oxygens (including phenoxy) is 6. The lowest BCUT2D eigenvalue weighted by Crippen LogP contribution is -2.31. The van der Waals surface area contributed by atoms with Gasteiger partial charge in [-0.25, -0.2) is 14.8 Å². The topological polar surface area (TPSA) is 266 Å². The molecule has 3 amide bonds. The number of carboxylic acid groups (broad SMARTS) is 1. The lowest BCUT2D eigenvalue weighted by Gasteiger charge is -2.26. The Morgan fingerprint density at radius 2 is 1.09 bits per heavy atom. The Hall–Kier alpha value is -4.80. The number of unbranched alkanes of at least 4 members (excludes halogenated alkanes) is 14. The van der Waals surface area contributed by atoms with Crippen LogP contribution in [-0.4, -0.2) is 138 Å². The minimum atomic E-state index is -2.68. The summed E-state index contributed by atoms with van der Waals surface area (Å²) in [6.45, 7) is 8.06. The molecule has 21 heteroatoms. The number of hydrogen-bond donors (Lipinski definition) is 4. The number of amides is 3. The van der Waals surface area contributed by atoms with Gasteiger partial charge in [-0.2, -0.15) is 0 Å². The van der Waals surface area contributed by atoms with Gasteiger partial charge in [0, 0.05) is 32.5 Å². The summed E-state index contributed by atoms with van der Waals surface area (Å²) in [6, 6.07) is 6.71. The number of aromatic nitrogens is 2. The molecule has 396 valence electrons. The van der Waals surface area contributed by atoms with Crippen LogP contribution in [0.15, 0.2) is 36.7 Å². The molecule has 1 atom stereocenters. The fraction of sp³-hybridized carbons (Fsp3) is 0.694. The molecule has 0 aliphatic carbocycles. The molecule has 70 heavy (non-hydrogen) atoms. The maximum atomic E-state index is 12.6. The van der Waals surface area contributed by atoms with Gasteiger partial charge >= 0.3 is 11.9 Å². The van der Waals surface area contributed by atoms with Crippen molar-refractivity contribution in [1.29, 1.82) is 0 Å². The largest absolute Gasteiger partial charge is 0.755 e. The van der Waals surface area contributed by atoms with Gasteiger partial charge in [0.25, 0.3) is 5.91 Å². The van der Waals surface area contributed by atoms with Gasteiger partial charge in [-0.3, -0.25) is 27.7 Å². The Kier molecular flexibility index (Phi) is 34.1. The van der Waals surface area contributed by atoms with Crippen molar-refractivity contribution in [2.45, 2.75) is 142 Å². The van der Waals surface area contributed by atoms with E-state index in [1.54, 1.807) is 24.3 Å². The van der Waals surface area contributed by atoms with Crippen molar-refractivity contribution in [2.24, 2.45) is 0 Å². The lowest BCUT2D eigenvalue weighted by atomic mass is 10.0. The highest BCUT2D eigenvalue weighted by atomic mass is 32.2. The fourth-order valence-corrected chi connectivity index (χ4v) is 7.30. The van der Waals surface area contributed by atoms with E-state index >= 15 is 0 Å².